The minimum absolute atomic E-state index is 0.309. The van der Waals surface area contributed by atoms with Gasteiger partial charge in [-0.3, -0.25) is 0 Å². The fraction of sp³-hybridized carbons (Fsp3) is 0.143. The van der Waals surface area contributed by atoms with E-state index in [9.17, 15) is 18.3 Å². The molecule has 106 valence electrons. The Balaban J connectivity index is 2.46. The molecule has 0 radical (unpaired) electrons. The monoisotopic (exact) mass is 302 g/mol. The molecule has 0 aromatic heterocycles. The Kier molecular flexibility index (Phi) is 3.81. The number of phenolic OH excluding ortho intramolecular Hbond substituents is 1. The standard InChI is InChI=1S/C14H10ClF3O2/c1-8-4-10(15)2-3-13(8)9-5-11(19)7-12(6-9)20-14(16,17)18/h2-7,19H,1H3. The van der Waals surface area contributed by atoms with E-state index in [1.807, 2.05) is 0 Å². The Morgan fingerprint density at radius 3 is 2.40 bits per heavy atom. The number of halogens is 4. The highest BCUT2D eigenvalue weighted by Gasteiger charge is 2.31. The van der Waals surface area contributed by atoms with Gasteiger partial charge in [0.2, 0.25) is 0 Å². The molecule has 0 bridgehead atoms. The van der Waals surface area contributed by atoms with Crippen LogP contribution in [0.1, 0.15) is 5.56 Å². The van der Waals surface area contributed by atoms with Crippen LogP contribution in [0.25, 0.3) is 11.1 Å². The van der Waals surface area contributed by atoms with E-state index in [1.54, 1.807) is 25.1 Å². The van der Waals surface area contributed by atoms with E-state index < -0.39 is 12.1 Å². The summed E-state index contributed by atoms with van der Waals surface area (Å²) in [6.07, 6.45) is -4.81. The number of aryl methyl sites for hydroxylation is 1. The summed E-state index contributed by atoms with van der Waals surface area (Å²) in [7, 11) is 0. The second kappa shape index (κ2) is 5.25. The summed E-state index contributed by atoms with van der Waals surface area (Å²) in [5.41, 5.74) is 1.86. The molecule has 0 amide bonds. The zero-order valence-corrected chi connectivity index (χ0v) is 11.1. The van der Waals surface area contributed by atoms with Gasteiger partial charge in [-0.1, -0.05) is 17.7 Å². The maximum absolute atomic E-state index is 12.2. The molecule has 0 spiro atoms. The summed E-state index contributed by atoms with van der Waals surface area (Å²) in [5.74, 6) is -0.780. The second-order valence-corrected chi connectivity index (χ2v) is 4.66. The maximum Gasteiger partial charge on any atom is 0.573 e. The van der Waals surface area contributed by atoms with Gasteiger partial charge in [-0.05, 0) is 47.9 Å². The van der Waals surface area contributed by atoms with Crippen molar-refractivity contribution in [2.75, 3.05) is 0 Å². The van der Waals surface area contributed by atoms with Gasteiger partial charge >= 0.3 is 6.36 Å². The number of ether oxygens (including phenoxy) is 1. The van der Waals surface area contributed by atoms with Gasteiger partial charge in [-0.25, -0.2) is 0 Å². The molecule has 0 heterocycles. The number of hydrogen-bond donors (Lipinski definition) is 1. The molecule has 1 N–H and O–H groups in total. The SMILES string of the molecule is Cc1cc(Cl)ccc1-c1cc(O)cc(OC(F)(F)F)c1. The lowest BCUT2D eigenvalue weighted by atomic mass is 10.0. The van der Waals surface area contributed by atoms with Gasteiger partial charge in [0, 0.05) is 11.1 Å². The third kappa shape index (κ3) is 3.57. The average molecular weight is 303 g/mol. The largest absolute Gasteiger partial charge is 0.573 e. The van der Waals surface area contributed by atoms with Crippen LogP contribution < -0.4 is 4.74 Å². The molecule has 6 heteroatoms. The average Bonchev–Trinajstić information content (AvgIpc) is 2.25. The quantitative estimate of drug-likeness (QED) is 0.853. The molecule has 0 aliphatic heterocycles. The van der Waals surface area contributed by atoms with Crippen molar-refractivity contribution in [1.82, 2.24) is 0 Å². The van der Waals surface area contributed by atoms with E-state index in [-0.39, 0.29) is 5.75 Å². The molecule has 2 aromatic carbocycles. The lowest BCUT2D eigenvalue weighted by Gasteiger charge is -2.12. The summed E-state index contributed by atoms with van der Waals surface area (Å²) >= 11 is 5.83. The van der Waals surface area contributed by atoms with Crippen molar-refractivity contribution in [3.05, 3.63) is 47.0 Å². The smallest absolute Gasteiger partial charge is 0.508 e. The van der Waals surface area contributed by atoms with Crippen molar-refractivity contribution >= 4 is 11.6 Å². The summed E-state index contributed by atoms with van der Waals surface area (Å²) in [6.45, 7) is 1.77. The first-order chi connectivity index (χ1) is 9.24. The number of aromatic hydroxyl groups is 1. The lowest BCUT2D eigenvalue weighted by molar-refractivity contribution is -0.274. The van der Waals surface area contributed by atoms with Crippen molar-refractivity contribution in [3.8, 4) is 22.6 Å². The maximum atomic E-state index is 12.2. The van der Waals surface area contributed by atoms with Gasteiger partial charge in [0.1, 0.15) is 11.5 Å². The van der Waals surface area contributed by atoms with E-state index in [1.165, 1.54) is 12.1 Å². The highest BCUT2D eigenvalue weighted by atomic mass is 35.5. The van der Waals surface area contributed by atoms with E-state index in [4.69, 9.17) is 11.6 Å². The molecule has 2 nitrogen and oxygen atoms in total. The number of alkyl halides is 3. The highest BCUT2D eigenvalue weighted by Crippen LogP contribution is 2.34. The molecule has 0 fully saturated rings. The fourth-order valence-electron chi connectivity index (χ4n) is 1.88. The third-order valence-corrected chi connectivity index (χ3v) is 2.86. The van der Waals surface area contributed by atoms with E-state index in [0.717, 1.165) is 11.6 Å². The predicted molar refractivity (Wildman–Crippen MR) is 70.0 cm³/mol. The Hall–Kier alpha value is -1.88. The van der Waals surface area contributed by atoms with Gasteiger partial charge in [-0.2, -0.15) is 0 Å². The Morgan fingerprint density at radius 2 is 1.80 bits per heavy atom. The van der Waals surface area contributed by atoms with Gasteiger partial charge < -0.3 is 9.84 Å². The van der Waals surface area contributed by atoms with Crippen molar-refractivity contribution in [2.45, 2.75) is 13.3 Å². The first kappa shape index (κ1) is 14.5. The van der Waals surface area contributed by atoms with Crippen molar-refractivity contribution in [2.24, 2.45) is 0 Å². The Labute approximate surface area is 118 Å². The predicted octanol–water partition coefficient (Wildman–Crippen LogP) is 4.92. The molecular formula is C14H10ClF3O2. The molecule has 0 saturated carbocycles. The first-order valence-electron chi connectivity index (χ1n) is 5.61. The molecular weight excluding hydrogens is 293 g/mol. The zero-order chi connectivity index (χ0) is 14.9. The van der Waals surface area contributed by atoms with Gasteiger partial charge in [0.15, 0.2) is 0 Å². The van der Waals surface area contributed by atoms with Gasteiger partial charge in [0.05, 0.1) is 0 Å². The lowest BCUT2D eigenvalue weighted by Crippen LogP contribution is -2.17. The highest BCUT2D eigenvalue weighted by molar-refractivity contribution is 6.30. The number of phenols is 1. The van der Waals surface area contributed by atoms with Crippen LogP contribution in [0.5, 0.6) is 11.5 Å². The normalized spacial score (nSPS) is 11.4. The molecule has 0 saturated heterocycles. The molecule has 0 atom stereocenters. The zero-order valence-electron chi connectivity index (χ0n) is 10.3. The van der Waals surface area contributed by atoms with E-state index in [0.29, 0.717) is 16.1 Å². The van der Waals surface area contributed by atoms with Gasteiger partial charge in [0.25, 0.3) is 0 Å². The fourth-order valence-corrected chi connectivity index (χ4v) is 2.11. The molecule has 0 aliphatic carbocycles. The summed E-state index contributed by atoms with van der Waals surface area (Å²) in [4.78, 5) is 0. The van der Waals surface area contributed by atoms with Crippen molar-refractivity contribution in [3.63, 3.8) is 0 Å². The summed E-state index contributed by atoms with van der Waals surface area (Å²) in [5, 5.41) is 10.1. The van der Waals surface area contributed by atoms with Crippen molar-refractivity contribution in [1.29, 1.82) is 0 Å². The van der Waals surface area contributed by atoms with Crippen LogP contribution in [0.2, 0.25) is 5.02 Å². The van der Waals surface area contributed by atoms with Crippen LogP contribution in [0.15, 0.2) is 36.4 Å². The van der Waals surface area contributed by atoms with Crippen molar-refractivity contribution < 1.29 is 23.0 Å². The topological polar surface area (TPSA) is 29.5 Å². The van der Waals surface area contributed by atoms with Crippen LogP contribution in [0.4, 0.5) is 13.2 Å². The Bertz CT molecular complexity index is 639. The van der Waals surface area contributed by atoms with Crippen LogP contribution >= 0.6 is 11.6 Å². The molecule has 0 unspecified atom stereocenters. The molecule has 20 heavy (non-hydrogen) atoms. The molecule has 2 rings (SSSR count). The minimum atomic E-state index is -4.81. The van der Waals surface area contributed by atoms with Crippen LogP contribution in [-0.2, 0) is 0 Å². The molecule has 0 aliphatic rings. The number of benzene rings is 2. The number of rotatable bonds is 2. The summed E-state index contributed by atoms with van der Waals surface area (Å²) in [6, 6.07) is 8.46. The minimum Gasteiger partial charge on any atom is -0.508 e. The third-order valence-electron chi connectivity index (χ3n) is 2.62. The van der Waals surface area contributed by atoms with E-state index in [2.05, 4.69) is 4.74 Å². The second-order valence-electron chi connectivity index (χ2n) is 4.22. The Morgan fingerprint density at radius 1 is 1.10 bits per heavy atom. The van der Waals surface area contributed by atoms with Crippen LogP contribution in [0, 0.1) is 6.92 Å². The van der Waals surface area contributed by atoms with E-state index >= 15 is 0 Å². The molecule has 2 aromatic rings. The summed E-state index contributed by atoms with van der Waals surface area (Å²) < 4.78 is 40.5. The van der Waals surface area contributed by atoms with Crippen LogP contribution in [0.3, 0.4) is 0 Å². The first-order valence-corrected chi connectivity index (χ1v) is 5.99. The van der Waals surface area contributed by atoms with Crippen LogP contribution in [-0.4, -0.2) is 11.5 Å². The van der Waals surface area contributed by atoms with Gasteiger partial charge in [-0.15, -0.1) is 13.2 Å². The number of hydrogen-bond acceptors (Lipinski definition) is 2.